The number of rotatable bonds is 3. The summed E-state index contributed by atoms with van der Waals surface area (Å²) in [6.45, 7) is 0. The zero-order valence-corrected chi connectivity index (χ0v) is 16.0. The van der Waals surface area contributed by atoms with Crippen molar-refractivity contribution in [1.82, 2.24) is 10.3 Å². The van der Waals surface area contributed by atoms with Gasteiger partial charge in [-0.2, -0.15) is 0 Å². The predicted molar refractivity (Wildman–Crippen MR) is 105 cm³/mol. The lowest BCUT2D eigenvalue weighted by Gasteiger charge is -2.09. The number of nitrogens with one attached hydrogen (secondary N) is 1. The number of hydrogen-bond acceptors (Lipinski definition) is 6. The van der Waals surface area contributed by atoms with Crippen LogP contribution in [-0.2, 0) is 4.79 Å². The van der Waals surface area contributed by atoms with Crippen molar-refractivity contribution < 1.29 is 18.7 Å². The first kappa shape index (κ1) is 17.9. The molecule has 1 fully saturated rings. The van der Waals surface area contributed by atoms with Crippen LogP contribution in [0.4, 0.5) is 4.79 Å². The van der Waals surface area contributed by atoms with Gasteiger partial charge in [0.15, 0.2) is 5.75 Å². The highest BCUT2D eigenvalue weighted by molar-refractivity contribution is 8.18. The van der Waals surface area contributed by atoms with Gasteiger partial charge in [-0.05, 0) is 35.5 Å². The van der Waals surface area contributed by atoms with E-state index < -0.39 is 11.1 Å². The molecule has 0 saturated carbocycles. The first-order valence-electron chi connectivity index (χ1n) is 7.62. The van der Waals surface area contributed by atoms with E-state index in [2.05, 4.69) is 10.3 Å². The Morgan fingerprint density at radius 1 is 1.19 bits per heavy atom. The third-order valence-electron chi connectivity index (χ3n) is 3.87. The smallest absolute Gasteiger partial charge is 0.290 e. The Hall–Kier alpha value is -2.48. The summed E-state index contributed by atoms with van der Waals surface area (Å²) in [6.07, 6.45) is 4.80. The van der Waals surface area contributed by atoms with Crippen LogP contribution in [0, 0.1) is 0 Å². The van der Waals surface area contributed by atoms with Crippen molar-refractivity contribution in [2.75, 3.05) is 7.11 Å². The zero-order chi connectivity index (χ0) is 19.1. The molecule has 0 radical (unpaired) electrons. The van der Waals surface area contributed by atoms with E-state index in [9.17, 15) is 9.59 Å². The number of ether oxygens (including phenoxy) is 1. The molecule has 136 valence electrons. The molecular formula is C18H10Cl2N2O4S. The fourth-order valence-electron chi connectivity index (χ4n) is 2.72. The number of carbonyl (C=O) groups excluding carboxylic acids is 2. The van der Waals surface area contributed by atoms with Gasteiger partial charge in [0.1, 0.15) is 11.3 Å². The van der Waals surface area contributed by atoms with E-state index >= 15 is 0 Å². The van der Waals surface area contributed by atoms with Crippen LogP contribution in [0.25, 0.3) is 28.2 Å². The van der Waals surface area contributed by atoms with Gasteiger partial charge in [0.05, 0.1) is 22.1 Å². The fraction of sp³-hybridized carbons (Fsp3) is 0.0556. The number of nitrogens with zero attached hydrogens (tertiary/aromatic N) is 1. The highest BCUT2D eigenvalue weighted by Crippen LogP contribution is 2.39. The number of halogens is 2. The molecule has 2 amide bonds. The van der Waals surface area contributed by atoms with Crippen molar-refractivity contribution in [3.8, 4) is 16.9 Å². The lowest BCUT2D eigenvalue weighted by molar-refractivity contribution is -0.115. The second kappa shape index (κ2) is 6.92. The number of thioether (sulfide) groups is 1. The Labute approximate surface area is 167 Å². The SMILES string of the molecule is COc1c(Cl)cc(-c2cncc3cc(/C=C4\SC(=O)NC4=O)oc23)cc1Cl. The molecule has 1 aliphatic heterocycles. The largest absolute Gasteiger partial charge is 0.494 e. The van der Waals surface area contributed by atoms with Gasteiger partial charge >= 0.3 is 0 Å². The molecule has 0 aliphatic carbocycles. The van der Waals surface area contributed by atoms with Crippen molar-refractivity contribution in [3.05, 3.63) is 51.3 Å². The number of methoxy groups -OCH3 is 1. The molecule has 4 rings (SSSR count). The van der Waals surface area contributed by atoms with E-state index in [1.165, 1.54) is 13.2 Å². The topological polar surface area (TPSA) is 81.4 Å². The van der Waals surface area contributed by atoms with Gasteiger partial charge in [0, 0.05) is 29.4 Å². The van der Waals surface area contributed by atoms with Gasteiger partial charge in [-0.1, -0.05) is 23.2 Å². The first-order valence-corrected chi connectivity index (χ1v) is 9.19. The van der Waals surface area contributed by atoms with Gasteiger partial charge in [-0.3, -0.25) is 19.9 Å². The van der Waals surface area contributed by atoms with Crippen molar-refractivity contribution in [2.24, 2.45) is 0 Å². The lowest BCUT2D eigenvalue weighted by atomic mass is 10.1. The summed E-state index contributed by atoms with van der Waals surface area (Å²) in [4.78, 5) is 27.5. The van der Waals surface area contributed by atoms with Gasteiger partial charge in [-0.25, -0.2) is 0 Å². The number of furan rings is 1. The summed E-state index contributed by atoms with van der Waals surface area (Å²) in [7, 11) is 1.49. The number of hydrogen-bond donors (Lipinski definition) is 1. The van der Waals surface area contributed by atoms with Crippen LogP contribution in [0.5, 0.6) is 5.75 Å². The minimum Gasteiger partial charge on any atom is -0.494 e. The monoisotopic (exact) mass is 420 g/mol. The average molecular weight is 421 g/mol. The normalized spacial score (nSPS) is 15.6. The minimum absolute atomic E-state index is 0.268. The maximum absolute atomic E-state index is 11.7. The van der Waals surface area contributed by atoms with Crippen LogP contribution in [0.2, 0.25) is 10.0 Å². The summed E-state index contributed by atoms with van der Waals surface area (Å²) in [5.74, 6) is 0.371. The van der Waals surface area contributed by atoms with Gasteiger partial charge in [0.25, 0.3) is 11.1 Å². The number of imide groups is 1. The van der Waals surface area contributed by atoms with Crippen molar-refractivity contribution >= 4 is 63.2 Å². The molecule has 9 heteroatoms. The van der Waals surface area contributed by atoms with E-state index in [-0.39, 0.29) is 4.91 Å². The van der Waals surface area contributed by atoms with E-state index in [0.29, 0.717) is 38.3 Å². The maximum atomic E-state index is 11.7. The van der Waals surface area contributed by atoms with Crippen molar-refractivity contribution in [3.63, 3.8) is 0 Å². The molecule has 6 nitrogen and oxygen atoms in total. The second-order valence-corrected chi connectivity index (χ2v) is 7.41. The van der Waals surface area contributed by atoms with E-state index in [1.807, 2.05) is 0 Å². The molecule has 3 heterocycles. The summed E-state index contributed by atoms with van der Waals surface area (Å²) in [6, 6.07) is 5.16. The van der Waals surface area contributed by atoms with Crippen molar-refractivity contribution in [2.45, 2.75) is 0 Å². The number of benzene rings is 1. The molecule has 0 spiro atoms. The molecule has 1 aliphatic rings. The summed E-state index contributed by atoms with van der Waals surface area (Å²) < 4.78 is 11.1. The van der Waals surface area contributed by atoms with Crippen LogP contribution >= 0.6 is 35.0 Å². The Kier molecular flexibility index (Phi) is 4.59. The van der Waals surface area contributed by atoms with Crippen LogP contribution in [0.15, 0.2) is 39.9 Å². The standard InChI is InChI=1S/C18H10Cl2N2O4S/c1-25-16-12(19)3-8(4-13(16)20)11-7-21-6-9-2-10(26-15(9)11)5-14-17(23)22-18(24)27-14/h2-7H,1H3,(H,22,23,24)/b14-5-. The molecule has 1 N–H and O–H groups in total. The molecular weight excluding hydrogens is 411 g/mol. The molecule has 0 unspecified atom stereocenters. The van der Waals surface area contributed by atoms with Gasteiger partial charge in [0.2, 0.25) is 0 Å². The molecule has 0 bridgehead atoms. The molecule has 1 aromatic carbocycles. The Morgan fingerprint density at radius 3 is 2.56 bits per heavy atom. The Balaban J connectivity index is 1.82. The minimum atomic E-state index is -0.447. The van der Waals surface area contributed by atoms with E-state index in [1.54, 1.807) is 30.6 Å². The number of carbonyl (C=O) groups is 2. The van der Waals surface area contributed by atoms with Crippen LogP contribution < -0.4 is 10.1 Å². The summed E-state index contributed by atoms with van der Waals surface area (Å²) in [5.41, 5.74) is 1.95. The third kappa shape index (κ3) is 3.29. The lowest BCUT2D eigenvalue weighted by Crippen LogP contribution is -2.17. The Bertz CT molecular complexity index is 1120. The maximum Gasteiger partial charge on any atom is 0.290 e. The fourth-order valence-corrected chi connectivity index (χ4v) is 4.02. The number of pyridine rings is 1. The number of amides is 2. The summed E-state index contributed by atoms with van der Waals surface area (Å²) in [5, 5.41) is 3.26. The molecule has 2 aromatic heterocycles. The number of aromatic nitrogens is 1. The van der Waals surface area contributed by atoms with E-state index in [0.717, 1.165) is 17.1 Å². The van der Waals surface area contributed by atoms with Crippen LogP contribution in [-0.4, -0.2) is 23.2 Å². The second-order valence-electron chi connectivity index (χ2n) is 5.58. The molecule has 3 aromatic rings. The molecule has 1 saturated heterocycles. The van der Waals surface area contributed by atoms with Crippen LogP contribution in [0.1, 0.15) is 5.76 Å². The number of fused-ring (bicyclic) bond motifs is 1. The van der Waals surface area contributed by atoms with E-state index in [4.69, 9.17) is 32.4 Å². The van der Waals surface area contributed by atoms with Crippen LogP contribution in [0.3, 0.4) is 0 Å². The zero-order valence-electron chi connectivity index (χ0n) is 13.7. The first-order chi connectivity index (χ1) is 13.0. The highest BCUT2D eigenvalue weighted by Gasteiger charge is 2.25. The average Bonchev–Trinajstić information content (AvgIpc) is 3.16. The van der Waals surface area contributed by atoms with Gasteiger partial charge < -0.3 is 9.15 Å². The predicted octanol–water partition coefficient (Wildman–Crippen LogP) is 5.13. The van der Waals surface area contributed by atoms with Gasteiger partial charge in [-0.15, -0.1) is 0 Å². The third-order valence-corrected chi connectivity index (χ3v) is 5.24. The highest BCUT2D eigenvalue weighted by atomic mass is 35.5. The molecule has 27 heavy (non-hydrogen) atoms. The quantitative estimate of drug-likeness (QED) is 0.591. The van der Waals surface area contributed by atoms with Crippen molar-refractivity contribution in [1.29, 1.82) is 0 Å². The molecule has 0 atom stereocenters. The Morgan fingerprint density at radius 2 is 1.93 bits per heavy atom. The summed E-state index contributed by atoms with van der Waals surface area (Å²) >= 11 is 13.3.